The fraction of sp³-hybridized carbons (Fsp3) is 0.0182. The molecule has 0 saturated heterocycles. The normalized spacial score (nSPS) is 12.7. The molecular formula is C110H74N2OS. The zero-order valence-electron chi connectivity index (χ0n) is 62.4. The highest BCUT2D eigenvalue weighted by atomic mass is 32.1. The molecule has 22 rings (SSSR count). The van der Waals surface area contributed by atoms with Crippen LogP contribution in [0.25, 0.3) is 109 Å². The van der Waals surface area contributed by atoms with Crippen molar-refractivity contribution in [1.29, 1.82) is 0 Å². The summed E-state index contributed by atoms with van der Waals surface area (Å²) >= 11 is 1.92. The molecule has 0 amide bonds. The molecule has 2 aliphatic carbocycles. The lowest BCUT2D eigenvalue weighted by molar-refractivity contribution is 0.648. The Labute approximate surface area is 668 Å². The van der Waals surface area contributed by atoms with Crippen molar-refractivity contribution in [2.75, 3.05) is 9.80 Å². The molecule has 3 nitrogen and oxygen atoms in total. The van der Waals surface area contributed by atoms with E-state index in [0.29, 0.717) is 0 Å². The monoisotopic (exact) mass is 1470 g/mol. The van der Waals surface area contributed by atoms with E-state index in [2.05, 4.69) is 459 Å². The molecule has 20 aromatic rings. The van der Waals surface area contributed by atoms with Gasteiger partial charge in [-0.15, -0.1) is 11.3 Å². The van der Waals surface area contributed by atoms with E-state index >= 15 is 0 Å². The van der Waals surface area contributed by atoms with Crippen LogP contribution in [0.2, 0.25) is 0 Å². The summed E-state index contributed by atoms with van der Waals surface area (Å²) in [6, 6.07) is 163. The molecule has 0 unspecified atom stereocenters. The maximum Gasteiger partial charge on any atom is 0.140 e. The van der Waals surface area contributed by atoms with E-state index in [1.165, 1.54) is 115 Å². The average Bonchev–Trinajstić information content (AvgIpc) is 1.53. The Kier molecular flexibility index (Phi) is 16.9. The van der Waals surface area contributed by atoms with Gasteiger partial charge in [0.15, 0.2) is 0 Å². The van der Waals surface area contributed by atoms with E-state index in [-0.39, 0.29) is 0 Å². The van der Waals surface area contributed by atoms with Crippen molar-refractivity contribution in [3.05, 3.63) is 493 Å². The van der Waals surface area contributed by atoms with Gasteiger partial charge in [0.2, 0.25) is 0 Å². The van der Waals surface area contributed by atoms with E-state index in [1.54, 1.807) is 0 Å². The summed E-state index contributed by atoms with van der Waals surface area (Å²) in [5.74, 6) is 0. The molecule has 0 radical (unpaired) electrons. The molecule has 18 aromatic carbocycles. The largest absolute Gasteiger partial charge is 0.456 e. The van der Waals surface area contributed by atoms with Crippen LogP contribution in [0, 0.1) is 0 Å². The molecule has 0 bridgehead atoms. The highest BCUT2D eigenvalue weighted by Gasteiger charge is 2.49. The maximum atomic E-state index is 6.97. The molecule has 4 heteroatoms. The SMILES string of the molecule is c1ccc(-c2ccc(N(c3ccccc3)c3cccc(-c4ccc5oc6c(C7(c8ccccc8)c8ccccc8-c8ccccc87)cccc6c5c4)c3)cc2)cc1.c1ccc(-c2ccc(N(c3ccccc3)c3cccc(-c4ccc5sc6c(C7(c8ccccc8)c8ccccc8-c8ccccc87)cccc6c5c4)c3)cc2)cc1. The van der Waals surface area contributed by atoms with Crippen LogP contribution in [0.3, 0.4) is 0 Å². The highest BCUT2D eigenvalue weighted by Crippen LogP contribution is 2.60. The minimum Gasteiger partial charge on any atom is -0.456 e. The number of rotatable bonds is 14. The van der Waals surface area contributed by atoms with Crippen molar-refractivity contribution in [1.82, 2.24) is 0 Å². The number of benzene rings is 18. The molecule has 0 atom stereocenters. The summed E-state index contributed by atoms with van der Waals surface area (Å²) < 4.78 is 9.61. The second kappa shape index (κ2) is 28.5. The second-order valence-electron chi connectivity index (χ2n) is 29.7. The summed E-state index contributed by atoms with van der Waals surface area (Å²) in [4.78, 5) is 4.68. The third-order valence-corrected chi connectivity index (χ3v) is 24.7. The van der Waals surface area contributed by atoms with Gasteiger partial charge in [-0.3, -0.25) is 0 Å². The number of nitrogens with zero attached hydrogens (tertiary/aromatic N) is 2. The van der Waals surface area contributed by atoms with Crippen LogP contribution >= 0.6 is 11.3 Å². The molecule has 0 aliphatic heterocycles. The van der Waals surface area contributed by atoms with E-state index in [0.717, 1.165) is 72.8 Å². The predicted octanol–water partition coefficient (Wildman–Crippen LogP) is 30.0. The molecule has 0 fully saturated rings. The lowest BCUT2D eigenvalue weighted by Crippen LogP contribution is -2.28. The molecule has 2 aliphatic rings. The van der Waals surface area contributed by atoms with Crippen LogP contribution < -0.4 is 9.80 Å². The van der Waals surface area contributed by atoms with Crippen molar-refractivity contribution in [3.63, 3.8) is 0 Å². The molecule has 2 aromatic heterocycles. The summed E-state index contributed by atoms with van der Waals surface area (Å²) in [5, 5.41) is 4.81. The van der Waals surface area contributed by atoms with Crippen LogP contribution in [-0.4, -0.2) is 0 Å². The molecule has 114 heavy (non-hydrogen) atoms. The van der Waals surface area contributed by atoms with Crippen molar-refractivity contribution in [3.8, 4) is 66.8 Å². The van der Waals surface area contributed by atoms with Gasteiger partial charge >= 0.3 is 0 Å². The molecule has 2 heterocycles. The van der Waals surface area contributed by atoms with E-state index in [9.17, 15) is 0 Å². The van der Waals surface area contributed by atoms with E-state index in [1.807, 2.05) is 11.3 Å². The third-order valence-electron chi connectivity index (χ3n) is 23.5. The fourth-order valence-corrected chi connectivity index (χ4v) is 19.7. The third kappa shape index (κ3) is 11.3. The first-order valence-corrected chi connectivity index (χ1v) is 40.0. The topological polar surface area (TPSA) is 19.6 Å². The Balaban J connectivity index is 0.000000143. The number of anilines is 6. The van der Waals surface area contributed by atoms with Crippen LogP contribution in [0.15, 0.2) is 453 Å². The van der Waals surface area contributed by atoms with Crippen molar-refractivity contribution in [2.24, 2.45) is 0 Å². The fourth-order valence-electron chi connectivity index (χ4n) is 18.5. The summed E-state index contributed by atoms with van der Waals surface area (Å²) in [5.41, 5.74) is 32.4. The Hall–Kier alpha value is -14.4. The van der Waals surface area contributed by atoms with Gasteiger partial charge < -0.3 is 14.2 Å². The Morgan fingerprint density at radius 2 is 0.518 bits per heavy atom. The summed E-state index contributed by atoms with van der Waals surface area (Å²) in [6.45, 7) is 0. The quantitative estimate of drug-likeness (QED) is 0.108. The van der Waals surface area contributed by atoms with Crippen LogP contribution in [0.4, 0.5) is 34.1 Å². The summed E-state index contributed by atoms with van der Waals surface area (Å²) in [7, 11) is 0. The van der Waals surface area contributed by atoms with Crippen molar-refractivity contribution >= 4 is 87.6 Å². The first kappa shape index (κ1) is 67.7. The van der Waals surface area contributed by atoms with Crippen molar-refractivity contribution in [2.45, 2.75) is 10.8 Å². The molecular weight excluding hydrogens is 1400 g/mol. The van der Waals surface area contributed by atoms with Crippen LogP contribution in [0.1, 0.15) is 44.5 Å². The van der Waals surface area contributed by atoms with Gasteiger partial charge in [-0.05, 0) is 203 Å². The Bertz CT molecular complexity index is 6440. The van der Waals surface area contributed by atoms with Gasteiger partial charge in [0.25, 0.3) is 0 Å². The average molecular weight is 1470 g/mol. The van der Waals surface area contributed by atoms with Crippen LogP contribution in [0.5, 0.6) is 0 Å². The second-order valence-corrected chi connectivity index (χ2v) is 30.7. The first-order chi connectivity index (χ1) is 56.5. The number of furan rings is 1. The number of fused-ring (bicyclic) bond motifs is 12. The number of para-hydroxylation sites is 3. The van der Waals surface area contributed by atoms with Crippen molar-refractivity contribution < 1.29 is 4.42 Å². The lowest BCUT2D eigenvalue weighted by atomic mass is 9.67. The van der Waals surface area contributed by atoms with E-state index < -0.39 is 10.8 Å². The van der Waals surface area contributed by atoms with E-state index in [4.69, 9.17) is 4.42 Å². The number of thiophene rings is 1. The first-order valence-electron chi connectivity index (χ1n) is 39.2. The molecule has 0 N–H and O–H groups in total. The van der Waals surface area contributed by atoms with Gasteiger partial charge in [-0.1, -0.05) is 352 Å². The zero-order valence-corrected chi connectivity index (χ0v) is 63.3. The number of hydrogen-bond donors (Lipinski definition) is 0. The predicted molar refractivity (Wildman–Crippen MR) is 479 cm³/mol. The molecule has 536 valence electrons. The molecule has 0 spiro atoms. The van der Waals surface area contributed by atoms with Gasteiger partial charge in [0.1, 0.15) is 11.2 Å². The lowest BCUT2D eigenvalue weighted by Gasteiger charge is -2.34. The highest BCUT2D eigenvalue weighted by molar-refractivity contribution is 7.26. The van der Waals surface area contributed by atoms with Gasteiger partial charge in [-0.2, -0.15) is 0 Å². The van der Waals surface area contributed by atoms with Crippen LogP contribution in [-0.2, 0) is 10.8 Å². The van der Waals surface area contributed by atoms with Gasteiger partial charge in [0.05, 0.1) is 10.8 Å². The standard InChI is InChI=1S/C55H37NO.C55H37NS/c2*1-4-16-38(17-5-1)39-30-33-44(34-31-39)56(43-21-8-3-9-22-43)45-23-14-18-40(36-45)41-32-35-53-49(37-41)48-26-15-29-52(54(48)57-53)55(42-19-6-2-7-20-42)50-27-12-10-24-46(50)47-25-11-13-28-51(47)55/h2*1-37H. The smallest absolute Gasteiger partial charge is 0.140 e. The van der Waals surface area contributed by atoms with Gasteiger partial charge in [-0.25, -0.2) is 0 Å². The summed E-state index contributed by atoms with van der Waals surface area (Å²) in [6.07, 6.45) is 0. The minimum atomic E-state index is -0.542. The van der Waals surface area contributed by atoms with Gasteiger partial charge in [0, 0.05) is 70.6 Å². The zero-order chi connectivity index (χ0) is 75.5. The maximum absolute atomic E-state index is 6.97. The minimum absolute atomic E-state index is 0.438. The number of hydrogen-bond acceptors (Lipinski definition) is 4. The molecule has 0 saturated carbocycles. The Morgan fingerprint density at radius 1 is 0.202 bits per heavy atom. The Morgan fingerprint density at radius 3 is 0.982 bits per heavy atom.